The Morgan fingerprint density at radius 1 is 1.47 bits per heavy atom. The van der Waals surface area contributed by atoms with Gasteiger partial charge in [-0.1, -0.05) is 11.8 Å². The largest absolute Gasteiger partial charge is 0.496 e. The summed E-state index contributed by atoms with van der Waals surface area (Å²) in [6.45, 7) is 0. The number of nitrogens with one attached hydrogen (secondary N) is 1. The summed E-state index contributed by atoms with van der Waals surface area (Å²) < 4.78 is 18.6. The van der Waals surface area contributed by atoms with Crippen LogP contribution in [0.4, 0.5) is 4.39 Å². The quantitative estimate of drug-likeness (QED) is 0.924. The number of ether oxygens (including phenoxy) is 1. The van der Waals surface area contributed by atoms with Crippen LogP contribution in [-0.2, 0) is 0 Å². The van der Waals surface area contributed by atoms with E-state index in [4.69, 9.17) is 4.74 Å². The Kier molecular flexibility index (Phi) is 3.42. The van der Waals surface area contributed by atoms with E-state index in [1.165, 1.54) is 25.0 Å². The average Bonchev–Trinajstić information content (AvgIpc) is 3.23. The lowest BCUT2D eigenvalue weighted by Crippen LogP contribution is -2.26. The summed E-state index contributed by atoms with van der Waals surface area (Å²) in [6.07, 6.45) is 2.33. The first-order chi connectivity index (χ1) is 9.26. The maximum absolute atomic E-state index is 13.3. The fourth-order valence-corrected chi connectivity index (χ4v) is 2.62. The van der Waals surface area contributed by atoms with Gasteiger partial charge in [-0.15, -0.1) is 0 Å². The molecule has 1 aliphatic carbocycles. The van der Waals surface area contributed by atoms with E-state index in [9.17, 15) is 4.39 Å². The van der Waals surface area contributed by atoms with Crippen LogP contribution in [-0.4, -0.2) is 29.8 Å². The second-order valence-electron chi connectivity index (χ2n) is 4.47. The highest BCUT2D eigenvalue weighted by Gasteiger charge is 2.23. The van der Waals surface area contributed by atoms with Gasteiger partial charge in [-0.05, 0) is 31.0 Å². The van der Waals surface area contributed by atoms with E-state index < -0.39 is 0 Å². The number of methoxy groups -OCH3 is 1. The minimum Gasteiger partial charge on any atom is -0.496 e. The van der Waals surface area contributed by atoms with E-state index in [-0.39, 0.29) is 5.82 Å². The number of benzene rings is 1. The van der Waals surface area contributed by atoms with Crippen molar-refractivity contribution >= 4 is 22.6 Å². The minimum absolute atomic E-state index is 0.291. The molecule has 1 N–H and O–H groups in total. The summed E-state index contributed by atoms with van der Waals surface area (Å²) in [7, 11) is 1.57. The van der Waals surface area contributed by atoms with E-state index >= 15 is 0 Å². The SMILES string of the molecule is COc1ccc(F)cc1C1=NNC(=NC2CC2)SC1. The molecule has 1 aromatic carbocycles. The number of thioether (sulfide) groups is 1. The Hall–Kier alpha value is -1.56. The molecule has 2 aliphatic rings. The molecule has 0 spiro atoms. The number of rotatable bonds is 3. The fraction of sp³-hybridized carbons (Fsp3) is 0.385. The molecule has 0 radical (unpaired) electrons. The van der Waals surface area contributed by atoms with Gasteiger partial charge in [0.05, 0.1) is 18.9 Å². The van der Waals surface area contributed by atoms with Crippen LogP contribution in [0.1, 0.15) is 18.4 Å². The zero-order valence-electron chi connectivity index (χ0n) is 10.5. The number of amidine groups is 1. The zero-order valence-corrected chi connectivity index (χ0v) is 11.3. The highest BCUT2D eigenvalue weighted by molar-refractivity contribution is 8.14. The summed E-state index contributed by atoms with van der Waals surface area (Å²) in [5, 5.41) is 5.13. The molecular weight excluding hydrogens is 265 g/mol. The van der Waals surface area contributed by atoms with Gasteiger partial charge < -0.3 is 4.74 Å². The predicted molar refractivity (Wildman–Crippen MR) is 75.5 cm³/mol. The van der Waals surface area contributed by atoms with Crippen molar-refractivity contribution in [2.24, 2.45) is 10.1 Å². The van der Waals surface area contributed by atoms with E-state index in [1.54, 1.807) is 24.9 Å². The molecule has 6 heteroatoms. The van der Waals surface area contributed by atoms with Crippen molar-refractivity contribution in [3.8, 4) is 5.75 Å². The average molecular weight is 279 g/mol. The van der Waals surface area contributed by atoms with Gasteiger partial charge in [0.25, 0.3) is 0 Å². The Bertz CT molecular complexity index is 555. The number of hydrogen-bond donors (Lipinski definition) is 1. The molecule has 0 unspecified atom stereocenters. The van der Waals surface area contributed by atoms with E-state index in [0.29, 0.717) is 23.1 Å². The molecule has 100 valence electrons. The summed E-state index contributed by atoms with van der Waals surface area (Å²) in [6, 6.07) is 4.91. The third-order valence-corrected chi connectivity index (χ3v) is 3.84. The van der Waals surface area contributed by atoms with Crippen molar-refractivity contribution in [3.63, 3.8) is 0 Å². The smallest absolute Gasteiger partial charge is 0.177 e. The number of nitrogens with zero attached hydrogens (tertiary/aromatic N) is 2. The van der Waals surface area contributed by atoms with E-state index in [1.807, 2.05) is 0 Å². The van der Waals surface area contributed by atoms with E-state index in [2.05, 4.69) is 15.5 Å². The van der Waals surface area contributed by atoms with Crippen molar-refractivity contribution in [2.75, 3.05) is 12.9 Å². The summed E-state index contributed by atoms with van der Waals surface area (Å²) in [4.78, 5) is 4.49. The molecule has 19 heavy (non-hydrogen) atoms. The van der Waals surface area contributed by atoms with Crippen LogP contribution in [0.3, 0.4) is 0 Å². The maximum Gasteiger partial charge on any atom is 0.177 e. The van der Waals surface area contributed by atoms with Gasteiger partial charge in [0.15, 0.2) is 5.17 Å². The van der Waals surface area contributed by atoms with Gasteiger partial charge in [-0.3, -0.25) is 10.4 Å². The molecule has 1 aliphatic heterocycles. The van der Waals surface area contributed by atoms with Crippen molar-refractivity contribution < 1.29 is 9.13 Å². The van der Waals surface area contributed by atoms with Crippen LogP contribution in [0.15, 0.2) is 28.3 Å². The molecule has 1 aromatic rings. The van der Waals surface area contributed by atoms with Crippen LogP contribution >= 0.6 is 11.8 Å². The molecule has 4 nitrogen and oxygen atoms in total. The van der Waals surface area contributed by atoms with Crippen LogP contribution in [0.5, 0.6) is 5.75 Å². The van der Waals surface area contributed by atoms with Gasteiger partial charge in [0.1, 0.15) is 11.6 Å². The maximum atomic E-state index is 13.3. The minimum atomic E-state index is -0.291. The summed E-state index contributed by atoms with van der Waals surface area (Å²) in [5.41, 5.74) is 4.39. The second-order valence-corrected chi connectivity index (χ2v) is 5.43. The number of hydrogen-bond acceptors (Lipinski definition) is 4. The molecule has 0 bridgehead atoms. The topological polar surface area (TPSA) is 46.0 Å². The van der Waals surface area contributed by atoms with Crippen LogP contribution in [0.2, 0.25) is 0 Å². The van der Waals surface area contributed by atoms with Gasteiger partial charge in [0.2, 0.25) is 0 Å². The van der Waals surface area contributed by atoms with Crippen molar-refractivity contribution in [3.05, 3.63) is 29.6 Å². The molecule has 1 saturated carbocycles. The van der Waals surface area contributed by atoms with Crippen LogP contribution < -0.4 is 10.2 Å². The van der Waals surface area contributed by atoms with Gasteiger partial charge in [0, 0.05) is 11.3 Å². The number of halogens is 1. The molecule has 0 atom stereocenters. The van der Waals surface area contributed by atoms with Crippen molar-refractivity contribution in [1.29, 1.82) is 0 Å². The van der Waals surface area contributed by atoms with Gasteiger partial charge in [-0.2, -0.15) is 5.10 Å². The van der Waals surface area contributed by atoms with Gasteiger partial charge >= 0.3 is 0 Å². The Labute approximate surface area is 115 Å². The Morgan fingerprint density at radius 2 is 2.32 bits per heavy atom. The van der Waals surface area contributed by atoms with Crippen LogP contribution in [0.25, 0.3) is 0 Å². The molecule has 1 fully saturated rings. The van der Waals surface area contributed by atoms with Crippen molar-refractivity contribution in [2.45, 2.75) is 18.9 Å². The second kappa shape index (κ2) is 5.21. The Balaban J connectivity index is 1.83. The molecular formula is C13H14FN3OS. The lowest BCUT2D eigenvalue weighted by Gasteiger charge is -2.16. The van der Waals surface area contributed by atoms with Crippen molar-refractivity contribution in [1.82, 2.24) is 5.43 Å². The number of aliphatic imine (C=N–C) groups is 1. The normalized spacial score (nSPS) is 20.9. The highest BCUT2D eigenvalue weighted by atomic mass is 32.2. The van der Waals surface area contributed by atoms with E-state index in [0.717, 1.165) is 10.9 Å². The monoisotopic (exact) mass is 279 g/mol. The first-order valence-corrected chi connectivity index (χ1v) is 7.12. The fourth-order valence-electron chi connectivity index (χ4n) is 1.80. The lowest BCUT2D eigenvalue weighted by molar-refractivity contribution is 0.412. The zero-order chi connectivity index (χ0) is 13.2. The third kappa shape index (κ3) is 2.89. The Morgan fingerprint density at radius 3 is 2.95 bits per heavy atom. The van der Waals surface area contributed by atoms with Gasteiger partial charge in [-0.25, -0.2) is 4.39 Å². The first-order valence-electron chi connectivity index (χ1n) is 6.13. The molecule has 0 aromatic heterocycles. The molecule has 0 amide bonds. The lowest BCUT2D eigenvalue weighted by atomic mass is 10.1. The molecule has 0 saturated heterocycles. The third-order valence-electron chi connectivity index (χ3n) is 2.95. The first kappa shape index (κ1) is 12.5. The summed E-state index contributed by atoms with van der Waals surface area (Å²) >= 11 is 1.59. The number of hydrazone groups is 1. The summed E-state index contributed by atoms with van der Waals surface area (Å²) in [5.74, 6) is 1.00. The molecule has 1 heterocycles. The standard InChI is InChI=1S/C13H14FN3OS/c1-18-12-5-2-8(14)6-10(12)11-7-19-13(17-16-11)15-9-3-4-9/h2,5-6,9H,3-4,7H2,1H3,(H,15,17). The molecule has 3 rings (SSSR count). The predicted octanol–water partition coefficient (Wildman–Crippen LogP) is 2.39. The van der Waals surface area contributed by atoms with Crippen LogP contribution in [0, 0.1) is 5.82 Å². The highest BCUT2D eigenvalue weighted by Crippen LogP contribution is 2.27.